The average Bonchev–Trinajstić information content (AvgIpc) is 3.46. The van der Waals surface area contributed by atoms with E-state index in [0.717, 1.165) is 37.7 Å². The molecule has 1 saturated carbocycles. The van der Waals surface area contributed by atoms with Crippen molar-refractivity contribution >= 4 is 23.9 Å². The van der Waals surface area contributed by atoms with E-state index >= 15 is 0 Å². The number of ketones is 1. The molecule has 0 radical (unpaired) electrons. The second kappa shape index (κ2) is 11.7. The molecule has 2 saturated heterocycles. The van der Waals surface area contributed by atoms with E-state index in [4.69, 9.17) is 9.47 Å². The lowest BCUT2D eigenvalue weighted by molar-refractivity contribution is -0.137. The molecule has 0 spiro atoms. The highest BCUT2D eigenvalue weighted by Crippen LogP contribution is 2.38. The Morgan fingerprint density at radius 1 is 1.00 bits per heavy atom. The van der Waals surface area contributed by atoms with Crippen molar-refractivity contribution in [1.29, 1.82) is 0 Å². The van der Waals surface area contributed by atoms with Crippen LogP contribution in [0.15, 0.2) is 30.3 Å². The van der Waals surface area contributed by atoms with Crippen molar-refractivity contribution in [1.82, 2.24) is 15.1 Å². The molecule has 208 valence electrons. The summed E-state index contributed by atoms with van der Waals surface area (Å²) >= 11 is 0. The number of nitrogens with one attached hydrogen (secondary N) is 1. The van der Waals surface area contributed by atoms with E-state index in [-0.39, 0.29) is 36.8 Å². The first-order chi connectivity index (χ1) is 18.0. The third kappa shape index (κ3) is 6.48. The molecule has 0 bridgehead atoms. The van der Waals surface area contributed by atoms with Gasteiger partial charge in [-0.3, -0.25) is 9.59 Å². The van der Waals surface area contributed by atoms with Gasteiger partial charge in [0.2, 0.25) is 5.91 Å². The maximum Gasteiger partial charge on any atom is 0.410 e. The standard InChI is InChI=1S/C29H41N3O6/c1-19(33)22-17-32(28(36)37-18-20-11-7-5-8-12-20)23-15-16-31(25(22)23)26(34)24(21-13-9-6-10-14-21)30-27(35)38-29(2,3)4/h5,7-8,11-12,21-25H,6,9-10,13-18H2,1-4H3,(H,30,35)/t22-,23-,24+,25-/m1/s1. The molecule has 1 aromatic carbocycles. The Hall–Kier alpha value is -3.10. The minimum absolute atomic E-state index is 0.00643. The largest absolute Gasteiger partial charge is 0.445 e. The number of benzene rings is 1. The first kappa shape index (κ1) is 27.9. The highest BCUT2D eigenvalue weighted by Gasteiger charge is 2.54. The molecule has 38 heavy (non-hydrogen) atoms. The van der Waals surface area contributed by atoms with Gasteiger partial charge in [-0.2, -0.15) is 0 Å². The number of hydrogen-bond donors (Lipinski definition) is 1. The van der Waals surface area contributed by atoms with E-state index in [2.05, 4.69) is 5.32 Å². The summed E-state index contributed by atoms with van der Waals surface area (Å²) < 4.78 is 11.1. The Morgan fingerprint density at radius 3 is 2.32 bits per heavy atom. The molecule has 1 aliphatic carbocycles. The molecular weight excluding hydrogens is 486 g/mol. The van der Waals surface area contributed by atoms with E-state index in [1.807, 2.05) is 30.3 Å². The second-order valence-electron chi connectivity index (χ2n) is 11.8. The maximum atomic E-state index is 14.1. The Labute approximate surface area is 225 Å². The van der Waals surface area contributed by atoms with Gasteiger partial charge in [0.05, 0.1) is 18.0 Å². The monoisotopic (exact) mass is 527 g/mol. The van der Waals surface area contributed by atoms with Gasteiger partial charge in [-0.25, -0.2) is 9.59 Å². The fraction of sp³-hybridized carbons (Fsp3) is 0.655. The van der Waals surface area contributed by atoms with Crippen LogP contribution in [0.4, 0.5) is 9.59 Å². The lowest BCUT2D eigenvalue weighted by atomic mass is 9.83. The van der Waals surface area contributed by atoms with Gasteiger partial charge >= 0.3 is 12.2 Å². The van der Waals surface area contributed by atoms with Crippen LogP contribution in [-0.4, -0.2) is 70.5 Å². The fourth-order valence-electron chi connectivity index (χ4n) is 6.18. The summed E-state index contributed by atoms with van der Waals surface area (Å²) in [6, 6.07) is 7.98. The second-order valence-corrected chi connectivity index (χ2v) is 11.8. The van der Waals surface area contributed by atoms with Crippen LogP contribution >= 0.6 is 0 Å². The average molecular weight is 528 g/mol. The summed E-state index contributed by atoms with van der Waals surface area (Å²) in [6.45, 7) is 7.66. The van der Waals surface area contributed by atoms with Crippen molar-refractivity contribution in [2.75, 3.05) is 13.1 Å². The summed E-state index contributed by atoms with van der Waals surface area (Å²) in [5, 5.41) is 2.87. The zero-order chi connectivity index (χ0) is 27.4. The summed E-state index contributed by atoms with van der Waals surface area (Å²) in [4.78, 5) is 55.9. The number of Topliss-reactive ketones (excluding diaryl/α,β-unsaturated/α-hetero) is 1. The highest BCUT2D eigenvalue weighted by molar-refractivity contribution is 5.89. The number of carbonyl (C=O) groups excluding carboxylic acids is 4. The first-order valence-corrected chi connectivity index (χ1v) is 13.8. The molecule has 3 fully saturated rings. The third-order valence-corrected chi connectivity index (χ3v) is 7.93. The van der Waals surface area contributed by atoms with Gasteiger partial charge in [0.15, 0.2) is 0 Å². The molecule has 4 rings (SSSR count). The number of carbonyl (C=O) groups is 4. The molecule has 9 heteroatoms. The summed E-state index contributed by atoms with van der Waals surface area (Å²) in [5.74, 6) is -0.746. The molecule has 3 aliphatic rings. The molecule has 4 atom stereocenters. The molecule has 0 unspecified atom stereocenters. The van der Waals surface area contributed by atoms with Crippen LogP contribution in [-0.2, 0) is 25.7 Å². The van der Waals surface area contributed by atoms with E-state index in [9.17, 15) is 19.2 Å². The fourth-order valence-corrected chi connectivity index (χ4v) is 6.18. The van der Waals surface area contributed by atoms with Crippen molar-refractivity contribution in [2.24, 2.45) is 11.8 Å². The number of hydrogen-bond acceptors (Lipinski definition) is 6. The predicted molar refractivity (Wildman–Crippen MR) is 141 cm³/mol. The van der Waals surface area contributed by atoms with Crippen molar-refractivity contribution in [2.45, 2.75) is 96.6 Å². The van der Waals surface area contributed by atoms with Crippen molar-refractivity contribution < 1.29 is 28.7 Å². The first-order valence-electron chi connectivity index (χ1n) is 13.8. The van der Waals surface area contributed by atoms with Gasteiger partial charge in [-0.05, 0) is 58.4 Å². The zero-order valence-electron chi connectivity index (χ0n) is 23.0. The molecule has 1 N–H and O–H groups in total. The van der Waals surface area contributed by atoms with Crippen molar-refractivity contribution in [3.63, 3.8) is 0 Å². The van der Waals surface area contributed by atoms with Crippen LogP contribution in [0.1, 0.15) is 71.8 Å². The highest BCUT2D eigenvalue weighted by atomic mass is 16.6. The Kier molecular flexibility index (Phi) is 8.63. The number of likely N-dealkylation sites (tertiary alicyclic amines) is 2. The minimum Gasteiger partial charge on any atom is -0.445 e. The number of alkyl carbamates (subject to hydrolysis) is 1. The van der Waals surface area contributed by atoms with Crippen LogP contribution in [0.3, 0.4) is 0 Å². The van der Waals surface area contributed by atoms with E-state index in [0.29, 0.717) is 13.0 Å². The molecule has 2 aliphatic heterocycles. The normalized spacial score (nSPS) is 24.5. The van der Waals surface area contributed by atoms with Gasteiger partial charge in [0.1, 0.15) is 24.0 Å². The maximum absolute atomic E-state index is 14.1. The quantitative estimate of drug-likeness (QED) is 0.592. The molecule has 3 amide bonds. The van der Waals surface area contributed by atoms with Gasteiger partial charge in [0, 0.05) is 13.1 Å². The number of amides is 3. The molecule has 1 aromatic rings. The van der Waals surface area contributed by atoms with Crippen LogP contribution in [0.2, 0.25) is 0 Å². The lowest BCUT2D eigenvalue weighted by Gasteiger charge is -2.36. The number of rotatable bonds is 6. The van der Waals surface area contributed by atoms with Gasteiger partial charge in [-0.1, -0.05) is 49.6 Å². The minimum atomic E-state index is -0.726. The molecular formula is C29H41N3O6. The van der Waals surface area contributed by atoms with Gasteiger partial charge < -0.3 is 24.6 Å². The number of ether oxygens (including phenoxy) is 2. The van der Waals surface area contributed by atoms with E-state index < -0.39 is 35.8 Å². The Morgan fingerprint density at radius 2 is 1.68 bits per heavy atom. The summed E-state index contributed by atoms with van der Waals surface area (Å²) in [6.07, 6.45) is 4.30. The van der Waals surface area contributed by atoms with Gasteiger partial charge in [-0.15, -0.1) is 0 Å². The molecule has 0 aromatic heterocycles. The topological polar surface area (TPSA) is 105 Å². The van der Waals surface area contributed by atoms with Crippen LogP contribution in [0, 0.1) is 11.8 Å². The Bertz CT molecular complexity index is 1020. The molecule has 9 nitrogen and oxygen atoms in total. The zero-order valence-corrected chi connectivity index (χ0v) is 23.0. The van der Waals surface area contributed by atoms with Crippen LogP contribution in [0.25, 0.3) is 0 Å². The van der Waals surface area contributed by atoms with Crippen LogP contribution < -0.4 is 5.32 Å². The molecule has 2 heterocycles. The number of fused-ring (bicyclic) bond motifs is 1. The summed E-state index contributed by atoms with van der Waals surface area (Å²) in [7, 11) is 0. The third-order valence-electron chi connectivity index (χ3n) is 7.93. The SMILES string of the molecule is CC(=O)[C@H]1CN(C(=O)OCc2ccccc2)[C@@H]2CCN(C(=O)[C@@H](NC(=O)OC(C)(C)C)C3CCCCC3)[C@H]12. The smallest absolute Gasteiger partial charge is 0.410 e. The van der Waals surface area contributed by atoms with E-state index in [1.54, 1.807) is 30.6 Å². The summed E-state index contributed by atoms with van der Waals surface area (Å²) in [5.41, 5.74) is 0.195. The van der Waals surface area contributed by atoms with Gasteiger partial charge in [0.25, 0.3) is 0 Å². The number of nitrogens with zero attached hydrogens (tertiary/aromatic N) is 2. The Balaban J connectivity index is 1.51. The predicted octanol–water partition coefficient (Wildman–Crippen LogP) is 4.29. The van der Waals surface area contributed by atoms with E-state index in [1.165, 1.54) is 6.92 Å². The van der Waals surface area contributed by atoms with Crippen molar-refractivity contribution in [3.05, 3.63) is 35.9 Å². The van der Waals surface area contributed by atoms with Crippen LogP contribution in [0.5, 0.6) is 0 Å². The lowest BCUT2D eigenvalue weighted by Crippen LogP contribution is -2.56. The van der Waals surface area contributed by atoms with Crippen molar-refractivity contribution in [3.8, 4) is 0 Å².